The van der Waals surface area contributed by atoms with Crippen molar-refractivity contribution in [1.29, 1.82) is 0 Å². The summed E-state index contributed by atoms with van der Waals surface area (Å²) in [6.45, 7) is 3.07. The van der Waals surface area contributed by atoms with Gasteiger partial charge in [-0.25, -0.2) is 0 Å². The highest BCUT2D eigenvalue weighted by atomic mass is 32.2. The van der Waals surface area contributed by atoms with E-state index in [9.17, 15) is 8.42 Å². The Kier molecular flexibility index (Phi) is 5.90. The SMILES string of the molecule is Cc1ccc(S(=O)(=O)OCCOc2cncc(C3CCCN3C)c2)cc1. The molecule has 0 radical (unpaired) electrons. The van der Waals surface area contributed by atoms with E-state index in [1.54, 1.807) is 18.3 Å². The quantitative estimate of drug-likeness (QED) is 0.547. The summed E-state index contributed by atoms with van der Waals surface area (Å²) in [5, 5.41) is 0. The molecule has 0 saturated carbocycles. The average molecular weight is 376 g/mol. The summed E-state index contributed by atoms with van der Waals surface area (Å²) in [5.41, 5.74) is 2.11. The van der Waals surface area contributed by atoms with Crippen LogP contribution in [-0.4, -0.2) is 45.1 Å². The summed E-state index contributed by atoms with van der Waals surface area (Å²) in [6, 6.07) is 8.89. The first-order valence-electron chi connectivity index (χ1n) is 8.70. The molecule has 3 rings (SSSR count). The molecule has 0 bridgehead atoms. The smallest absolute Gasteiger partial charge is 0.297 e. The number of likely N-dealkylation sites (tertiary alicyclic amines) is 1. The molecule has 1 aromatic carbocycles. The Hall–Kier alpha value is -1.96. The van der Waals surface area contributed by atoms with Crippen molar-refractivity contribution < 1.29 is 17.3 Å². The van der Waals surface area contributed by atoms with E-state index in [1.807, 2.05) is 19.2 Å². The standard InChI is InChI=1S/C19H24N2O4S/c1-15-5-7-18(8-6-15)26(22,23)25-11-10-24-17-12-16(13-20-14-17)19-4-3-9-21(19)2/h5-8,12-14,19H,3-4,9-11H2,1-2H3. The maximum absolute atomic E-state index is 12.1. The zero-order chi connectivity index (χ0) is 18.6. The molecule has 26 heavy (non-hydrogen) atoms. The molecular formula is C19H24N2O4S. The number of benzene rings is 1. The molecule has 1 atom stereocenters. The van der Waals surface area contributed by atoms with Gasteiger partial charge in [0.1, 0.15) is 19.0 Å². The normalized spacial score (nSPS) is 18.2. The molecule has 6 nitrogen and oxygen atoms in total. The van der Waals surface area contributed by atoms with Crippen molar-refractivity contribution in [2.75, 3.05) is 26.8 Å². The molecule has 1 fully saturated rings. The Morgan fingerprint density at radius 1 is 1.19 bits per heavy atom. The maximum Gasteiger partial charge on any atom is 0.297 e. The third-order valence-corrected chi connectivity index (χ3v) is 5.87. The van der Waals surface area contributed by atoms with Crippen molar-refractivity contribution in [2.45, 2.75) is 30.7 Å². The van der Waals surface area contributed by atoms with E-state index >= 15 is 0 Å². The predicted molar refractivity (Wildman–Crippen MR) is 98.7 cm³/mol. The zero-order valence-electron chi connectivity index (χ0n) is 15.1. The van der Waals surface area contributed by atoms with Crippen LogP contribution in [0.5, 0.6) is 5.75 Å². The van der Waals surface area contributed by atoms with Gasteiger partial charge in [0, 0.05) is 12.2 Å². The van der Waals surface area contributed by atoms with Crippen molar-refractivity contribution in [3.8, 4) is 5.75 Å². The minimum Gasteiger partial charge on any atom is -0.490 e. The van der Waals surface area contributed by atoms with E-state index in [2.05, 4.69) is 16.9 Å². The molecule has 0 aliphatic carbocycles. The van der Waals surface area contributed by atoms with Gasteiger partial charge in [0.2, 0.25) is 0 Å². The summed E-state index contributed by atoms with van der Waals surface area (Å²) in [4.78, 5) is 6.69. The van der Waals surface area contributed by atoms with Crippen molar-refractivity contribution in [2.24, 2.45) is 0 Å². The maximum atomic E-state index is 12.1. The largest absolute Gasteiger partial charge is 0.490 e. The first-order chi connectivity index (χ1) is 12.5. The fourth-order valence-electron chi connectivity index (χ4n) is 3.10. The molecule has 0 N–H and O–H groups in total. The minimum atomic E-state index is -3.76. The van der Waals surface area contributed by atoms with Crippen LogP contribution in [0.25, 0.3) is 0 Å². The summed E-state index contributed by atoms with van der Waals surface area (Å²) in [6.07, 6.45) is 5.78. The van der Waals surface area contributed by atoms with Crippen LogP contribution < -0.4 is 4.74 Å². The fraction of sp³-hybridized carbons (Fsp3) is 0.421. The average Bonchev–Trinajstić information content (AvgIpc) is 3.05. The van der Waals surface area contributed by atoms with Gasteiger partial charge in [-0.3, -0.25) is 14.1 Å². The molecule has 0 spiro atoms. The summed E-state index contributed by atoms with van der Waals surface area (Å²) < 4.78 is 34.9. The molecule has 1 aliphatic rings. The lowest BCUT2D eigenvalue weighted by Crippen LogP contribution is -2.17. The summed E-state index contributed by atoms with van der Waals surface area (Å²) in [7, 11) is -1.66. The van der Waals surface area contributed by atoms with Gasteiger partial charge in [0.25, 0.3) is 10.1 Å². The first-order valence-corrected chi connectivity index (χ1v) is 10.1. The Bertz CT molecular complexity index is 837. The number of ether oxygens (including phenoxy) is 1. The van der Waals surface area contributed by atoms with Crippen molar-refractivity contribution in [1.82, 2.24) is 9.88 Å². The molecule has 1 saturated heterocycles. The lowest BCUT2D eigenvalue weighted by atomic mass is 10.1. The van der Waals surface area contributed by atoms with E-state index in [0.29, 0.717) is 11.8 Å². The second-order valence-corrected chi connectivity index (χ2v) is 8.15. The van der Waals surface area contributed by atoms with Crippen LogP contribution >= 0.6 is 0 Å². The number of aryl methyl sites for hydroxylation is 1. The van der Waals surface area contributed by atoms with Gasteiger partial charge in [-0.2, -0.15) is 8.42 Å². The van der Waals surface area contributed by atoms with Gasteiger partial charge in [-0.05, 0) is 57.1 Å². The minimum absolute atomic E-state index is 0.0518. The van der Waals surface area contributed by atoms with E-state index in [0.717, 1.165) is 24.1 Å². The van der Waals surface area contributed by atoms with Gasteiger partial charge in [-0.15, -0.1) is 0 Å². The van der Waals surface area contributed by atoms with Crippen LogP contribution in [0.1, 0.15) is 30.0 Å². The molecular weight excluding hydrogens is 352 g/mol. The highest BCUT2D eigenvalue weighted by Crippen LogP contribution is 2.31. The van der Waals surface area contributed by atoms with E-state index in [4.69, 9.17) is 8.92 Å². The first kappa shape index (κ1) is 18.8. The Balaban J connectivity index is 1.53. The third-order valence-electron chi connectivity index (χ3n) is 4.54. The monoisotopic (exact) mass is 376 g/mol. The molecule has 7 heteroatoms. The number of rotatable bonds is 7. The molecule has 1 unspecified atom stereocenters. The van der Waals surface area contributed by atoms with Crippen molar-refractivity contribution >= 4 is 10.1 Å². The number of nitrogens with zero attached hydrogens (tertiary/aromatic N) is 2. The van der Waals surface area contributed by atoms with Crippen LogP contribution in [0.3, 0.4) is 0 Å². The second-order valence-electron chi connectivity index (χ2n) is 6.53. The highest BCUT2D eigenvalue weighted by Gasteiger charge is 2.23. The van der Waals surface area contributed by atoms with Gasteiger partial charge in [0.15, 0.2) is 0 Å². The summed E-state index contributed by atoms with van der Waals surface area (Å²) >= 11 is 0. The molecule has 2 heterocycles. The Morgan fingerprint density at radius 3 is 2.65 bits per heavy atom. The molecule has 0 amide bonds. The predicted octanol–water partition coefficient (Wildman–Crippen LogP) is 2.94. The highest BCUT2D eigenvalue weighted by molar-refractivity contribution is 7.86. The van der Waals surface area contributed by atoms with Crippen LogP contribution in [0.2, 0.25) is 0 Å². The van der Waals surface area contributed by atoms with Gasteiger partial charge in [0.05, 0.1) is 11.1 Å². The van der Waals surface area contributed by atoms with E-state index in [1.165, 1.54) is 18.6 Å². The number of hydrogen-bond acceptors (Lipinski definition) is 6. The molecule has 1 aromatic heterocycles. The number of hydrogen-bond donors (Lipinski definition) is 0. The molecule has 140 valence electrons. The number of aromatic nitrogens is 1. The second kappa shape index (κ2) is 8.16. The van der Waals surface area contributed by atoms with Crippen molar-refractivity contribution in [3.05, 3.63) is 53.9 Å². The van der Waals surface area contributed by atoms with E-state index < -0.39 is 10.1 Å². The third kappa shape index (κ3) is 4.60. The van der Waals surface area contributed by atoms with Crippen LogP contribution in [0.4, 0.5) is 0 Å². The summed E-state index contributed by atoms with van der Waals surface area (Å²) in [5.74, 6) is 0.624. The van der Waals surface area contributed by atoms with Crippen LogP contribution in [0.15, 0.2) is 47.6 Å². The number of pyridine rings is 1. The molecule has 2 aromatic rings. The van der Waals surface area contributed by atoms with Crippen LogP contribution in [-0.2, 0) is 14.3 Å². The van der Waals surface area contributed by atoms with Crippen molar-refractivity contribution in [3.63, 3.8) is 0 Å². The Morgan fingerprint density at radius 2 is 1.96 bits per heavy atom. The van der Waals surface area contributed by atoms with Crippen LogP contribution in [0, 0.1) is 6.92 Å². The Labute approximate surface area is 154 Å². The zero-order valence-corrected chi connectivity index (χ0v) is 15.9. The molecule has 1 aliphatic heterocycles. The topological polar surface area (TPSA) is 68.7 Å². The van der Waals surface area contributed by atoms with Gasteiger partial charge < -0.3 is 4.74 Å². The van der Waals surface area contributed by atoms with Gasteiger partial charge >= 0.3 is 0 Å². The lowest BCUT2D eigenvalue weighted by Gasteiger charge is -2.19. The fourth-order valence-corrected chi connectivity index (χ4v) is 4.00. The lowest BCUT2D eigenvalue weighted by molar-refractivity contribution is 0.220. The van der Waals surface area contributed by atoms with Gasteiger partial charge in [-0.1, -0.05) is 17.7 Å². The van der Waals surface area contributed by atoms with E-state index in [-0.39, 0.29) is 18.1 Å².